The predicted molar refractivity (Wildman–Crippen MR) is 126 cm³/mol. The van der Waals surface area contributed by atoms with E-state index in [1.165, 1.54) is 11.8 Å². The van der Waals surface area contributed by atoms with E-state index in [-0.39, 0.29) is 0 Å². The Labute approximate surface area is 177 Å². The van der Waals surface area contributed by atoms with Gasteiger partial charge in [0.15, 0.2) is 0 Å². The fourth-order valence-corrected chi connectivity index (χ4v) is 4.45. The van der Waals surface area contributed by atoms with Gasteiger partial charge in [0, 0.05) is 22.3 Å². The number of benzene rings is 2. The van der Waals surface area contributed by atoms with Crippen LogP contribution in [0.15, 0.2) is 42.5 Å². The minimum atomic E-state index is 0.337. The van der Waals surface area contributed by atoms with Crippen molar-refractivity contribution < 1.29 is 0 Å². The van der Waals surface area contributed by atoms with Gasteiger partial charge in [0.05, 0.1) is 21.6 Å². The van der Waals surface area contributed by atoms with E-state index in [4.69, 9.17) is 16.6 Å². The Kier molecular flexibility index (Phi) is 5.93. The maximum absolute atomic E-state index is 6.65. The molecular weight excluding hydrogens is 380 g/mol. The van der Waals surface area contributed by atoms with Crippen LogP contribution in [0, 0.1) is 0 Å². The Morgan fingerprint density at radius 1 is 1.07 bits per heavy atom. The molecule has 1 atom stereocenters. The summed E-state index contributed by atoms with van der Waals surface area (Å²) >= 11 is 6.65. The third-order valence-corrected chi connectivity index (χ3v) is 6.12. The molecule has 0 saturated heterocycles. The number of anilines is 1. The lowest BCUT2D eigenvalue weighted by Crippen LogP contribution is -2.25. The van der Waals surface area contributed by atoms with Crippen molar-refractivity contribution in [1.82, 2.24) is 14.9 Å². The molecule has 0 spiro atoms. The summed E-state index contributed by atoms with van der Waals surface area (Å²) in [6.45, 7) is 10.1. The van der Waals surface area contributed by atoms with Crippen LogP contribution >= 0.6 is 11.6 Å². The number of halogens is 1. The summed E-state index contributed by atoms with van der Waals surface area (Å²) in [7, 11) is 0. The molecule has 4 aromatic rings. The third-order valence-electron chi connectivity index (χ3n) is 5.81. The molecule has 4 rings (SSSR count). The van der Waals surface area contributed by atoms with Crippen LogP contribution in [-0.2, 0) is 0 Å². The van der Waals surface area contributed by atoms with E-state index in [1.807, 2.05) is 24.3 Å². The van der Waals surface area contributed by atoms with Gasteiger partial charge in [0.25, 0.3) is 0 Å². The van der Waals surface area contributed by atoms with Crippen molar-refractivity contribution in [2.75, 3.05) is 25.0 Å². The van der Waals surface area contributed by atoms with E-state index in [1.54, 1.807) is 0 Å². The summed E-state index contributed by atoms with van der Waals surface area (Å²) in [6, 6.07) is 14.6. The van der Waals surface area contributed by atoms with E-state index in [0.717, 1.165) is 64.2 Å². The molecule has 2 N–H and O–H groups in total. The number of hydrogen-bond donors (Lipinski definition) is 2. The molecule has 0 fully saturated rings. The first-order chi connectivity index (χ1) is 14.1. The van der Waals surface area contributed by atoms with E-state index in [9.17, 15) is 0 Å². The van der Waals surface area contributed by atoms with Crippen LogP contribution in [-0.4, -0.2) is 40.5 Å². The number of pyridine rings is 1. The predicted octanol–water partition coefficient (Wildman–Crippen LogP) is 6.45. The Balaban J connectivity index is 1.74. The first-order valence-corrected chi connectivity index (χ1v) is 11.0. The molecule has 0 saturated carbocycles. The van der Waals surface area contributed by atoms with Crippen LogP contribution in [0.2, 0.25) is 5.02 Å². The molecule has 0 bridgehead atoms. The molecule has 29 heavy (non-hydrogen) atoms. The van der Waals surface area contributed by atoms with Gasteiger partial charge in [-0.05, 0) is 57.6 Å². The monoisotopic (exact) mass is 408 g/mol. The Morgan fingerprint density at radius 2 is 1.86 bits per heavy atom. The molecule has 0 aliphatic carbocycles. The van der Waals surface area contributed by atoms with Crippen molar-refractivity contribution in [3.63, 3.8) is 0 Å². The van der Waals surface area contributed by atoms with Gasteiger partial charge in [-0.25, -0.2) is 4.98 Å². The van der Waals surface area contributed by atoms with Gasteiger partial charge < -0.3 is 15.2 Å². The molecule has 4 nitrogen and oxygen atoms in total. The molecule has 2 heterocycles. The van der Waals surface area contributed by atoms with E-state index in [0.29, 0.717) is 6.04 Å². The standard InChI is InChI=1S/C24H29ClN4/c1-4-29(5-2)15-9-10-16(3)26-23-21-17-11-6-7-13-19(17)27-24(21)28-20-14-8-12-18(25)22(20)23/h6-8,11-14,16H,4-5,9-10,15H2,1-3H3,(H2,26,27,28). The molecule has 2 aromatic heterocycles. The minimum Gasteiger partial charge on any atom is -0.381 e. The van der Waals surface area contributed by atoms with Crippen LogP contribution in [0.4, 0.5) is 5.69 Å². The summed E-state index contributed by atoms with van der Waals surface area (Å²) in [5.41, 5.74) is 4.00. The van der Waals surface area contributed by atoms with Crippen LogP contribution in [0.3, 0.4) is 0 Å². The van der Waals surface area contributed by atoms with Crippen molar-refractivity contribution in [2.45, 2.75) is 39.7 Å². The third kappa shape index (κ3) is 3.92. The van der Waals surface area contributed by atoms with Gasteiger partial charge in [-0.2, -0.15) is 0 Å². The molecule has 1 unspecified atom stereocenters. The van der Waals surface area contributed by atoms with E-state index < -0.39 is 0 Å². The van der Waals surface area contributed by atoms with Gasteiger partial charge in [0.1, 0.15) is 5.65 Å². The van der Waals surface area contributed by atoms with Crippen molar-refractivity contribution in [3.8, 4) is 0 Å². The highest BCUT2D eigenvalue weighted by Crippen LogP contribution is 2.39. The normalized spacial score (nSPS) is 13.0. The number of aromatic nitrogens is 2. The molecular formula is C24H29ClN4. The highest BCUT2D eigenvalue weighted by Gasteiger charge is 2.17. The van der Waals surface area contributed by atoms with Gasteiger partial charge >= 0.3 is 0 Å². The summed E-state index contributed by atoms with van der Waals surface area (Å²) in [5, 5.41) is 7.83. The number of para-hydroxylation sites is 1. The molecule has 0 aliphatic rings. The fraction of sp³-hybridized carbons (Fsp3) is 0.375. The molecule has 2 aromatic carbocycles. The van der Waals surface area contributed by atoms with Crippen LogP contribution in [0.5, 0.6) is 0 Å². The second kappa shape index (κ2) is 8.60. The minimum absolute atomic E-state index is 0.337. The Bertz CT molecular complexity index is 1130. The Hall–Kier alpha value is -2.30. The first-order valence-electron chi connectivity index (χ1n) is 10.6. The van der Waals surface area contributed by atoms with Gasteiger partial charge in [-0.3, -0.25) is 0 Å². The zero-order valence-electron chi connectivity index (χ0n) is 17.4. The topological polar surface area (TPSA) is 44.0 Å². The van der Waals surface area contributed by atoms with Gasteiger partial charge in [0.2, 0.25) is 0 Å². The van der Waals surface area contributed by atoms with Crippen LogP contribution in [0.25, 0.3) is 32.8 Å². The second-order valence-electron chi connectivity index (χ2n) is 7.73. The van der Waals surface area contributed by atoms with Crippen molar-refractivity contribution in [2.24, 2.45) is 0 Å². The van der Waals surface area contributed by atoms with Gasteiger partial charge in [-0.1, -0.05) is 49.7 Å². The molecule has 0 radical (unpaired) electrons. The number of H-pyrrole nitrogens is 1. The highest BCUT2D eigenvalue weighted by atomic mass is 35.5. The van der Waals surface area contributed by atoms with Crippen molar-refractivity contribution in [1.29, 1.82) is 0 Å². The average Bonchev–Trinajstić information content (AvgIpc) is 3.09. The lowest BCUT2D eigenvalue weighted by Gasteiger charge is -2.21. The molecule has 0 amide bonds. The quantitative estimate of drug-likeness (QED) is 0.352. The molecule has 5 heteroatoms. The number of fused-ring (bicyclic) bond motifs is 4. The number of hydrogen-bond acceptors (Lipinski definition) is 3. The maximum Gasteiger partial charge on any atom is 0.141 e. The molecule has 152 valence electrons. The second-order valence-corrected chi connectivity index (χ2v) is 8.14. The zero-order chi connectivity index (χ0) is 20.4. The number of aromatic amines is 1. The summed E-state index contributed by atoms with van der Waals surface area (Å²) in [5.74, 6) is 0. The smallest absolute Gasteiger partial charge is 0.141 e. The van der Waals surface area contributed by atoms with E-state index >= 15 is 0 Å². The van der Waals surface area contributed by atoms with E-state index in [2.05, 4.69) is 54.2 Å². The average molecular weight is 409 g/mol. The number of nitrogens with zero attached hydrogens (tertiary/aromatic N) is 2. The summed E-state index contributed by atoms with van der Waals surface area (Å²) < 4.78 is 0. The lowest BCUT2D eigenvalue weighted by atomic mass is 10.1. The van der Waals surface area contributed by atoms with Crippen LogP contribution in [0.1, 0.15) is 33.6 Å². The van der Waals surface area contributed by atoms with Crippen molar-refractivity contribution in [3.05, 3.63) is 47.5 Å². The first kappa shape index (κ1) is 20.0. The van der Waals surface area contributed by atoms with Crippen LogP contribution < -0.4 is 5.32 Å². The fourth-order valence-electron chi connectivity index (χ4n) is 4.19. The highest BCUT2D eigenvalue weighted by molar-refractivity contribution is 6.38. The van der Waals surface area contributed by atoms with Crippen molar-refractivity contribution >= 4 is 50.1 Å². The maximum atomic E-state index is 6.65. The molecule has 0 aliphatic heterocycles. The number of nitrogens with one attached hydrogen (secondary N) is 2. The van der Waals surface area contributed by atoms with Gasteiger partial charge in [-0.15, -0.1) is 0 Å². The number of rotatable bonds is 8. The Morgan fingerprint density at radius 3 is 2.66 bits per heavy atom. The summed E-state index contributed by atoms with van der Waals surface area (Å²) in [4.78, 5) is 10.8. The summed E-state index contributed by atoms with van der Waals surface area (Å²) in [6.07, 6.45) is 2.28. The SMILES string of the molecule is CCN(CC)CCCC(C)Nc1c2c(Cl)cccc2nc2[nH]c3ccccc3c12. The zero-order valence-corrected chi connectivity index (χ0v) is 18.2. The largest absolute Gasteiger partial charge is 0.381 e. The lowest BCUT2D eigenvalue weighted by molar-refractivity contribution is 0.295.